The van der Waals surface area contributed by atoms with E-state index in [0.717, 1.165) is 16.3 Å². The fraction of sp³-hybridized carbons (Fsp3) is 0.429. The highest BCUT2D eigenvalue weighted by atomic mass is 32.2. The van der Waals surface area contributed by atoms with Crippen molar-refractivity contribution >= 4 is 23.4 Å². The van der Waals surface area contributed by atoms with E-state index in [-0.39, 0.29) is 6.54 Å². The number of rotatable bonds is 4. The highest BCUT2D eigenvalue weighted by Gasteiger charge is 2.41. The molecule has 0 aromatic heterocycles. The molecule has 0 radical (unpaired) electrons. The van der Waals surface area contributed by atoms with Crippen LogP contribution in [0, 0.1) is 11.3 Å². The molecular formula is C14H17N3O2S. The lowest BCUT2D eigenvalue weighted by molar-refractivity contribution is -0.142. The quantitative estimate of drug-likeness (QED) is 0.820. The molecule has 0 spiro atoms. The summed E-state index contributed by atoms with van der Waals surface area (Å²) in [6.07, 6.45) is 0.387. The van der Waals surface area contributed by atoms with Crippen molar-refractivity contribution in [3.8, 4) is 6.07 Å². The first-order valence-electron chi connectivity index (χ1n) is 6.45. The minimum atomic E-state index is -1.22. The Kier molecular flexibility index (Phi) is 4.21. The third-order valence-corrected chi connectivity index (χ3v) is 4.42. The van der Waals surface area contributed by atoms with Gasteiger partial charge in [-0.1, -0.05) is 13.0 Å². The van der Waals surface area contributed by atoms with Crippen molar-refractivity contribution in [1.29, 1.82) is 5.26 Å². The van der Waals surface area contributed by atoms with E-state index >= 15 is 0 Å². The van der Waals surface area contributed by atoms with Crippen molar-refractivity contribution in [2.45, 2.75) is 23.8 Å². The van der Waals surface area contributed by atoms with Gasteiger partial charge in [0.15, 0.2) is 0 Å². The molecule has 0 amide bonds. The molecule has 1 unspecified atom stereocenters. The summed E-state index contributed by atoms with van der Waals surface area (Å²) in [6, 6.07) is 7.89. The highest BCUT2D eigenvalue weighted by molar-refractivity contribution is 7.99. The number of carbonyl (C=O) groups is 1. The Hall–Kier alpha value is -1.71. The molecule has 1 aromatic carbocycles. The second-order valence-corrected chi connectivity index (χ2v) is 6.13. The highest BCUT2D eigenvalue weighted by Crippen LogP contribution is 2.33. The molecule has 1 aliphatic rings. The van der Waals surface area contributed by atoms with Crippen LogP contribution in [0.25, 0.3) is 0 Å². The van der Waals surface area contributed by atoms with Crippen LogP contribution < -0.4 is 10.6 Å². The van der Waals surface area contributed by atoms with Crippen LogP contribution in [0.4, 0.5) is 5.69 Å². The number of carboxylic acid groups (broad SMARTS) is 1. The summed E-state index contributed by atoms with van der Waals surface area (Å²) < 4.78 is 0. The molecule has 1 aromatic rings. The maximum atomic E-state index is 11.2. The molecule has 5 nitrogen and oxygen atoms in total. The number of carboxylic acids is 1. The van der Waals surface area contributed by atoms with E-state index < -0.39 is 11.5 Å². The number of aliphatic carboxylic acids is 1. The third kappa shape index (κ3) is 2.60. The maximum Gasteiger partial charge on any atom is 0.325 e. The second-order valence-electron chi connectivity index (χ2n) is 4.83. The van der Waals surface area contributed by atoms with Gasteiger partial charge in [-0.25, -0.2) is 0 Å². The first kappa shape index (κ1) is 14.7. The largest absolute Gasteiger partial charge is 0.480 e. The van der Waals surface area contributed by atoms with Crippen LogP contribution in [0.15, 0.2) is 23.1 Å². The summed E-state index contributed by atoms with van der Waals surface area (Å²) in [6.45, 7) is 2.82. The maximum absolute atomic E-state index is 11.2. The topological polar surface area (TPSA) is 90.3 Å². The lowest BCUT2D eigenvalue weighted by atomic mass is 10.0. The molecular weight excluding hydrogens is 274 g/mol. The Morgan fingerprint density at radius 3 is 2.95 bits per heavy atom. The second kappa shape index (κ2) is 5.73. The van der Waals surface area contributed by atoms with Gasteiger partial charge in [-0.3, -0.25) is 4.79 Å². The van der Waals surface area contributed by atoms with Gasteiger partial charge in [0.2, 0.25) is 0 Å². The van der Waals surface area contributed by atoms with Crippen LogP contribution in [0.3, 0.4) is 0 Å². The Balaban J connectivity index is 2.33. The Labute approximate surface area is 122 Å². The molecule has 0 bridgehead atoms. The summed E-state index contributed by atoms with van der Waals surface area (Å²) in [5.41, 5.74) is 6.05. The van der Waals surface area contributed by atoms with E-state index in [1.165, 1.54) is 0 Å². The van der Waals surface area contributed by atoms with Gasteiger partial charge in [0.25, 0.3) is 0 Å². The van der Waals surface area contributed by atoms with Crippen molar-refractivity contribution in [2.24, 2.45) is 5.73 Å². The van der Waals surface area contributed by atoms with Crippen LogP contribution in [-0.2, 0) is 4.79 Å². The minimum absolute atomic E-state index is 0.233. The van der Waals surface area contributed by atoms with E-state index in [1.54, 1.807) is 11.8 Å². The van der Waals surface area contributed by atoms with Gasteiger partial charge in [-0.05, 0) is 24.3 Å². The summed E-state index contributed by atoms with van der Waals surface area (Å²) in [5.74, 6) is -0.105. The van der Waals surface area contributed by atoms with Crippen LogP contribution in [-0.4, -0.2) is 35.5 Å². The zero-order chi connectivity index (χ0) is 14.8. The number of hydrogen-bond donors (Lipinski definition) is 2. The lowest BCUT2D eigenvalue weighted by Crippen LogP contribution is -2.50. The van der Waals surface area contributed by atoms with Gasteiger partial charge >= 0.3 is 5.97 Å². The lowest BCUT2D eigenvalue weighted by Gasteiger charge is -2.23. The molecule has 106 valence electrons. The zero-order valence-electron chi connectivity index (χ0n) is 11.3. The molecule has 3 N–H and O–H groups in total. The molecule has 1 saturated heterocycles. The molecule has 1 fully saturated rings. The number of nitrogens with two attached hydrogens (primary N) is 1. The van der Waals surface area contributed by atoms with Crippen molar-refractivity contribution < 1.29 is 9.90 Å². The van der Waals surface area contributed by atoms with Crippen molar-refractivity contribution in [3.05, 3.63) is 23.8 Å². The van der Waals surface area contributed by atoms with Crippen LogP contribution in [0.2, 0.25) is 0 Å². The summed E-state index contributed by atoms with van der Waals surface area (Å²) in [5, 5.41) is 18.6. The van der Waals surface area contributed by atoms with Crippen LogP contribution >= 0.6 is 11.8 Å². The summed E-state index contributed by atoms with van der Waals surface area (Å²) >= 11 is 1.61. The van der Waals surface area contributed by atoms with Crippen molar-refractivity contribution in [3.63, 3.8) is 0 Å². The van der Waals surface area contributed by atoms with E-state index in [9.17, 15) is 15.2 Å². The van der Waals surface area contributed by atoms with Gasteiger partial charge in [-0.15, -0.1) is 11.8 Å². The number of thioether (sulfide) groups is 1. The number of anilines is 1. The predicted octanol–water partition coefficient (Wildman–Crippen LogP) is 1.66. The fourth-order valence-electron chi connectivity index (χ4n) is 2.38. The Morgan fingerprint density at radius 1 is 1.65 bits per heavy atom. The number of hydrogen-bond acceptors (Lipinski definition) is 5. The Morgan fingerprint density at radius 2 is 2.40 bits per heavy atom. The Bertz CT molecular complexity index is 570. The molecule has 20 heavy (non-hydrogen) atoms. The standard InChI is InChI=1S/C14H17N3O2S/c1-2-20-12-5-3-4-11(10(12)8-15)17-7-6-14(16,9-17)13(18)19/h3-5H,2,6-7,9,16H2,1H3,(H,18,19). The van der Waals surface area contributed by atoms with Crippen molar-refractivity contribution in [1.82, 2.24) is 0 Å². The third-order valence-electron chi connectivity index (χ3n) is 3.48. The van der Waals surface area contributed by atoms with Gasteiger partial charge in [0.1, 0.15) is 11.6 Å². The van der Waals surface area contributed by atoms with Crippen molar-refractivity contribution in [2.75, 3.05) is 23.7 Å². The molecule has 6 heteroatoms. The first-order chi connectivity index (χ1) is 9.51. The normalized spacial score (nSPS) is 21.8. The summed E-state index contributed by atoms with van der Waals surface area (Å²) in [4.78, 5) is 14.0. The number of benzene rings is 1. The fourth-order valence-corrected chi connectivity index (χ4v) is 3.16. The first-order valence-corrected chi connectivity index (χ1v) is 7.43. The zero-order valence-corrected chi connectivity index (χ0v) is 12.1. The van der Waals surface area contributed by atoms with E-state index in [2.05, 4.69) is 6.07 Å². The van der Waals surface area contributed by atoms with E-state index in [4.69, 9.17) is 5.73 Å². The van der Waals surface area contributed by atoms with Gasteiger partial charge < -0.3 is 15.7 Å². The molecule has 0 saturated carbocycles. The average molecular weight is 291 g/mol. The number of nitrogens with zero attached hydrogens (tertiary/aromatic N) is 2. The van der Waals surface area contributed by atoms with Gasteiger partial charge in [0, 0.05) is 18.0 Å². The van der Waals surface area contributed by atoms with E-state index in [1.807, 2.05) is 30.0 Å². The predicted molar refractivity (Wildman–Crippen MR) is 78.9 cm³/mol. The minimum Gasteiger partial charge on any atom is -0.480 e. The van der Waals surface area contributed by atoms with Gasteiger partial charge in [-0.2, -0.15) is 5.26 Å². The average Bonchev–Trinajstić information content (AvgIpc) is 2.83. The van der Waals surface area contributed by atoms with E-state index in [0.29, 0.717) is 18.5 Å². The molecule has 2 rings (SSSR count). The van der Waals surface area contributed by atoms with Crippen LogP contribution in [0.5, 0.6) is 0 Å². The molecule has 1 aliphatic heterocycles. The SMILES string of the molecule is CCSc1cccc(N2CCC(N)(C(=O)O)C2)c1C#N. The summed E-state index contributed by atoms with van der Waals surface area (Å²) in [7, 11) is 0. The van der Waals surface area contributed by atoms with Gasteiger partial charge in [0.05, 0.1) is 11.3 Å². The molecule has 1 atom stereocenters. The number of nitriles is 1. The monoisotopic (exact) mass is 291 g/mol. The molecule has 0 aliphatic carbocycles. The molecule has 1 heterocycles. The van der Waals surface area contributed by atoms with Crippen LogP contribution in [0.1, 0.15) is 18.9 Å². The smallest absolute Gasteiger partial charge is 0.325 e.